The Hall–Kier alpha value is -1.63. The number of hydrogen-bond donors (Lipinski definition) is 3. The molecule has 0 aliphatic carbocycles. The zero-order valence-electron chi connectivity index (χ0n) is 9.93. The predicted molar refractivity (Wildman–Crippen MR) is 59.1 cm³/mol. The van der Waals surface area contributed by atoms with Crippen LogP contribution in [-0.4, -0.2) is 41.6 Å². The van der Waals surface area contributed by atoms with Crippen LogP contribution in [0, 0.1) is 0 Å². The predicted octanol–water partition coefficient (Wildman–Crippen LogP) is -0.754. The number of carboxylic acid groups (broad SMARTS) is 1. The molecule has 98 valence electrons. The van der Waals surface area contributed by atoms with Crippen molar-refractivity contribution in [3.05, 3.63) is 0 Å². The number of aliphatic carboxylic acids is 1. The minimum atomic E-state index is -1.14. The van der Waals surface area contributed by atoms with Gasteiger partial charge in [0.05, 0.1) is 18.5 Å². The van der Waals surface area contributed by atoms with E-state index in [0.29, 0.717) is 6.42 Å². The first-order valence-electron chi connectivity index (χ1n) is 5.27. The molecule has 0 unspecified atom stereocenters. The summed E-state index contributed by atoms with van der Waals surface area (Å²) >= 11 is 0. The number of carbonyl (C=O) groups excluding carboxylic acids is 2. The second kappa shape index (κ2) is 7.61. The molecule has 2 atom stereocenters. The summed E-state index contributed by atoms with van der Waals surface area (Å²) in [6, 6.07) is -1.45. The fourth-order valence-corrected chi connectivity index (χ4v) is 1.07. The van der Waals surface area contributed by atoms with E-state index in [2.05, 4.69) is 5.32 Å². The Bertz CT molecular complexity index is 292. The Kier molecular flexibility index (Phi) is 6.88. The van der Waals surface area contributed by atoms with Gasteiger partial charge in [0.1, 0.15) is 6.61 Å². The molecule has 7 heteroatoms. The smallest absolute Gasteiger partial charge is 0.305 e. The second-order valence-corrected chi connectivity index (χ2v) is 3.62. The fraction of sp³-hybridized carbons (Fsp3) is 0.700. The highest BCUT2D eigenvalue weighted by atomic mass is 16.5. The van der Waals surface area contributed by atoms with E-state index in [-0.39, 0.29) is 12.6 Å². The van der Waals surface area contributed by atoms with Gasteiger partial charge in [-0.1, -0.05) is 6.92 Å². The molecule has 0 fully saturated rings. The van der Waals surface area contributed by atoms with Crippen LogP contribution in [0.1, 0.15) is 26.7 Å². The molecule has 0 radical (unpaired) electrons. The molecule has 0 aromatic rings. The standard InChI is InChI=1S/C10H18N2O5/c1-3-7(5-17-6(2)13)12-10(16)8(11)4-9(14)15/h7-8H,3-5,11H2,1-2H3,(H,12,16)(H,14,15)/t7-,8+/m0/s1. The van der Waals surface area contributed by atoms with Crippen LogP contribution >= 0.6 is 0 Å². The molecule has 4 N–H and O–H groups in total. The van der Waals surface area contributed by atoms with E-state index < -0.39 is 30.3 Å². The highest BCUT2D eigenvalue weighted by Crippen LogP contribution is 1.96. The third-order valence-corrected chi connectivity index (χ3v) is 2.06. The molecule has 0 aliphatic rings. The molecule has 0 aromatic carbocycles. The zero-order valence-corrected chi connectivity index (χ0v) is 9.93. The molecule has 17 heavy (non-hydrogen) atoms. The number of carbonyl (C=O) groups is 3. The number of amides is 1. The van der Waals surface area contributed by atoms with Crippen molar-refractivity contribution in [3.63, 3.8) is 0 Å². The molecule has 0 saturated heterocycles. The summed E-state index contributed by atoms with van der Waals surface area (Å²) < 4.78 is 4.75. The Labute approximate surface area is 99.3 Å². The number of hydrogen-bond acceptors (Lipinski definition) is 5. The molecule has 0 heterocycles. The van der Waals surface area contributed by atoms with E-state index in [4.69, 9.17) is 15.6 Å². The topological polar surface area (TPSA) is 119 Å². The average molecular weight is 246 g/mol. The Balaban J connectivity index is 4.13. The highest BCUT2D eigenvalue weighted by Gasteiger charge is 2.20. The Morgan fingerprint density at radius 2 is 2.00 bits per heavy atom. The first kappa shape index (κ1) is 15.4. The number of rotatable bonds is 7. The van der Waals surface area contributed by atoms with Crippen LogP contribution in [0.4, 0.5) is 0 Å². The van der Waals surface area contributed by atoms with Crippen LogP contribution in [0.25, 0.3) is 0 Å². The molecular formula is C10H18N2O5. The van der Waals surface area contributed by atoms with Gasteiger partial charge in [-0.25, -0.2) is 0 Å². The van der Waals surface area contributed by atoms with Crippen molar-refractivity contribution >= 4 is 17.8 Å². The maximum atomic E-state index is 11.5. The summed E-state index contributed by atoms with van der Waals surface area (Å²) in [6.07, 6.45) is 0.120. The van der Waals surface area contributed by atoms with Crippen LogP contribution in [-0.2, 0) is 19.1 Å². The van der Waals surface area contributed by atoms with Crippen molar-refractivity contribution in [2.75, 3.05) is 6.61 Å². The molecule has 0 aliphatic heterocycles. The summed E-state index contributed by atoms with van der Waals surface area (Å²) in [5.74, 6) is -2.14. The summed E-state index contributed by atoms with van der Waals surface area (Å²) in [5, 5.41) is 11.0. The third kappa shape index (κ3) is 7.29. The summed E-state index contributed by atoms with van der Waals surface area (Å²) in [6.45, 7) is 3.12. The highest BCUT2D eigenvalue weighted by molar-refractivity contribution is 5.86. The SMILES string of the molecule is CC[C@@H](COC(C)=O)NC(=O)[C@H](N)CC(=O)O. The van der Waals surface area contributed by atoms with Gasteiger partial charge in [0.25, 0.3) is 0 Å². The van der Waals surface area contributed by atoms with Gasteiger partial charge in [0, 0.05) is 6.92 Å². The molecule has 0 spiro atoms. The van der Waals surface area contributed by atoms with Gasteiger partial charge in [0.2, 0.25) is 5.91 Å². The zero-order chi connectivity index (χ0) is 13.4. The van der Waals surface area contributed by atoms with Crippen LogP contribution in [0.5, 0.6) is 0 Å². The van der Waals surface area contributed by atoms with E-state index in [0.717, 1.165) is 0 Å². The lowest BCUT2D eigenvalue weighted by Gasteiger charge is -2.18. The van der Waals surface area contributed by atoms with Crippen LogP contribution in [0.2, 0.25) is 0 Å². The van der Waals surface area contributed by atoms with E-state index in [1.165, 1.54) is 6.92 Å². The quantitative estimate of drug-likeness (QED) is 0.508. The van der Waals surface area contributed by atoms with Gasteiger partial charge in [-0.3, -0.25) is 14.4 Å². The lowest BCUT2D eigenvalue weighted by atomic mass is 10.1. The summed E-state index contributed by atoms with van der Waals surface area (Å²) in [7, 11) is 0. The van der Waals surface area contributed by atoms with E-state index in [1.54, 1.807) is 6.92 Å². The first-order valence-corrected chi connectivity index (χ1v) is 5.27. The van der Waals surface area contributed by atoms with Gasteiger partial charge in [-0.05, 0) is 6.42 Å². The molecule has 0 rings (SSSR count). The third-order valence-electron chi connectivity index (χ3n) is 2.06. The van der Waals surface area contributed by atoms with E-state index >= 15 is 0 Å². The van der Waals surface area contributed by atoms with Crippen molar-refractivity contribution in [2.24, 2.45) is 5.73 Å². The maximum Gasteiger partial charge on any atom is 0.305 e. The summed E-state index contributed by atoms with van der Waals surface area (Å²) in [5.41, 5.74) is 5.38. The van der Waals surface area contributed by atoms with Crippen molar-refractivity contribution in [3.8, 4) is 0 Å². The number of nitrogens with two attached hydrogens (primary N) is 1. The molecule has 7 nitrogen and oxygen atoms in total. The van der Waals surface area contributed by atoms with Crippen molar-refractivity contribution in [1.82, 2.24) is 5.32 Å². The molecule has 0 saturated carbocycles. The monoisotopic (exact) mass is 246 g/mol. The minimum absolute atomic E-state index is 0.0529. The normalized spacial score (nSPS) is 13.6. The average Bonchev–Trinajstić information content (AvgIpc) is 2.22. The Morgan fingerprint density at radius 3 is 2.41 bits per heavy atom. The van der Waals surface area contributed by atoms with E-state index in [9.17, 15) is 14.4 Å². The maximum absolute atomic E-state index is 11.5. The molecule has 0 bridgehead atoms. The number of esters is 1. The van der Waals surface area contributed by atoms with Gasteiger partial charge in [-0.15, -0.1) is 0 Å². The number of nitrogens with one attached hydrogen (secondary N) is 1. The fourth-order valence-electron chi connectivity index (χ4n) is 1.07. The minimum Gasteiger partial charge on any atom is -0.481 e. The van der Waals surface area contributed by atoms with E-state index in [1.807, 2.05) is 0 Å². The van der Waals surface area contributed by atoms with Crippen molar-refractivity contribution in [2.45, 2.75) is 38.8 Å². The molecule has 1 amide bonds. The lowest BCUT2D eigenvalue weighted by Crippen LogP contribution is -2.47. The molecule has 0 aromatic heterocycles. The first-order chi connectivity index (χ1) is 7.86. The summed E-state index contributed by atoms with van der Waals surface area (Å²) in [4.78, 5) is 32.4. The van der Waals surface area contributed by atoms with Gasteiger partial charge >= 0.3 is 11.9 Å². The second-order valence-electron chi connectivity index (χ2n) is 3.62. The van der Waals surface area contributed by atoms with Gasteiger partial charge in [-0.2, -0.15) is 0 Å². The Morgan fingerprint density at radius 1 is 1.41 bits per heavy atom. The molecular weight excluding hydrogens is 228 g/mol. The van der Waals surface area contributed by atoms with Crippen LogP contribution < -0.4 is 11.1 Å². The van der Waals surface area contributed by atoms with Gasteiger partial charge in [0.15, 0.2) is 0 Å². The van der Waals surface area contributed by atoms with Crippen molar-refractivity contribution in [1.29, 1.82) is 0 Å². The number of ether oxygens (including phenoxy) is 1. The van der Waals surface area contributed by atoms with Crippen LogP contribution in [0.15, 0.2) is 0 Å². The van der Waals surface area contributed by atoms with Crippen molar-refractivity contribution < 1.29 is 24.2 Å². The lowest BCUT2D eigenvalue weighted by molar-refractivity contribution is -0.142. The number of carboxylic acids is 1. The van der Waals surface area contributed by atoms with Crippen LogP contribution in [0.3, 0.4) is 0 Å². The largest absolute Gasteiger partial charge is 0.481 e. The van der Waals surface area contributed by atoms with Gasteiger partial charge < -0.3 is 20.9 Å².